The minimum atomic E-state index is -0.318. The number of ether oxygens (including phenoxy) is 1. The Kier molecular flexibility index (Phi) is 4.90. The molecule has 132 valence electrons. The molecule has 1 atom stereocenters. The van der Waals surface area contributed by atoms with Gasteiger partial charge in [-0.1, -0.05) is 0 Å². The van der Waals surface area contributed by atoms with Gasteiger partial charge < -0.3 is 15.0 Å². The standard InChI is InChI=1S/C20H19N3O3/c1-13-9-17(26-16-5-3-14(11-21)4-6-16)7-8-18(13)22-20(25)15-10-19(24)23(2)12-15/h3-9,15H,10,12H2,1-2H3,(H,22,25). The molecule has 6 heteroatoms. The van der Waals surface area contributed by atoms with Gasteiger partial charge in [-0.05, 0) is 55.0 Å². The molecule has 0 saturated carbocycles. The second-order valence-electron chi connectivity index (χ2n) is 6.38. The number of rotatable bonds is 4. The largest absolute Gasteiger partial charge is 0.457 e. The first-order valence-corrected chi connectivity index (χ1v) is 8.30. The van der Waals surface area contributed by atoms with Crippen LogP contribution in [-0.2, 0) is 9.59 Å². The van der Waals surface area contributed by atoms with E-state index in [4.69, 9.17) is 10.00 Å². The maximum atomic E-state index is 12.3. The predicted octanol–water partition coefficient (Wildman–Crippen LogP) is 3.08. The van der Waals surface area contributed by atoms with Gasteiger partial charge >= 0.3 is 0 Å². The van der Waals surface area contributed by atoms with Crippen molar-refractivity contribution >= 4 is 17.5 Å². The highest BCUT2D eigenvalue weighted by atomic mass is 16.5. The Labute approximate surface area is 152 Å². The van der Waals surface area contributed by atoms with E-state index in [1.165, 1.54) is 0 Å². The number of nitrogens with zero attached hydrogens (tertiary/aromatic N) is 2. The first-order valence-electron chi connectivity index (χ1n) is 8.30. The molecule has 0 spiro atoms. The number of hydrogen-bond acceptors (Lipinski definition) is 4. The van der Waals surface area contributed by atoms with Crippen LogP contribution in [0.25, 0.3) is 0 Å². The number of nitriles is 1. The molecule has 3 rings (SSSR count). The van der Waals surface area contributed by atoms with E-state index in [0.717, 1.165) is 5.56 Å². The summed E-state index contributed by atoms with van der Waals surface area (Å²) in [5.74, 6) is 0.801. The number of anilines is 1. The molecule has 1 N–H and O–H groups in total. The van der Waals surface area contributed by atoms with E-state index in [0.29, 0.717) is 29.3 Å². The van der Waals surface area contributed by atoms with Crippen LogP contribution in [-0.4, -0.2) is 30.3 Å². The number of amides is 2. The summed E-state index contributed by atoms with van der Waals surface area (Å²) in [5, 5.41) is 11.7. The smallest absolute Gasteiger partial charge is 0.229 e. The van der Waals surface area contributed by atoms with E-state index in [2.05, 4.69) is 11.4 Å². The van der Waals surface area contributed by atoms with E-state index in [1.54, 1.807) is 48.3 Å². The molecule has 2 aromatic carbocycles. The summed E-state index contributed by atoms with van der Waals surface area (Å²) in [6.07, 6.45) is 0.251. The highest BCUT2D eigenvalue weighted by molar-refractivity contribution is 5.97. The van der Waals surface area contributed by atoms with Crippen molar-refractivity contribution in [1.29, 1.82) is 5.26 Å². The van der Waals surface area contributed by atoms with Gasteiger partial charge in [-0.15, -0.1) is 0 Å². The van der Waals surface area contributed by atoms with E-state index in [1.807, 2.05) is 13.0 Å². The molecule has 2 amide bonds. The summed E-state index contributed by atoms with van der Waals surface area (Å²) in [5.41, 5.74) is 2.13. The second kappa shape index (κ2) is 7.28. The molecule has 1 saturated heterocycles. The summed E-state index contributed by atoms with van der Waals surface area (Å²) in [4.78, 5) is 25.5. The summed E-state index contributed by atoms with van der Waals surface area (Å²) in [6.45, 7) is 2.33. The van der Waals surface area contributed by atoms with Gasteiger partial charge in [0.2, 0.25) is 11.8 Å². The Morgan fingerprint density at radius 2 is 1.92 bits per heavy atom. The van der Waals surface area contributed by atoms with Crippen LogP contribution in [0.3, 0.4) is 0 Å². The molecule has 6 nitrogen and oxygen atoms in total. The van der Waals surface area contributed by atoms with Gasteiger partial charge in [0.1, 0.15) is 11.5 Å². The number of likely N-dealkylation sites (tertiary alicyclic amines) is 1. The lowest BCUT2D eigenvalue weighted by Crippen LogP contribution is -2.26. The van der Waals surface area contributed by atoms with Gasteiger partial charge in [-0.25, -0.2) is 0 Å². The maximum absolute atomic E-state index is 12.3. The van der Waals surface area contributed by atoms with Crippen LogP contribution in [0.4, 0.5) is 5.69 Å². The molecule has 1 fully saturated rings. The molecule has 1 unspecified atom stereocenters. The average molecular weight is 349 g/mol. The van der Waals surface area contributed by atoms with Gasteiger partial charge in [0.05, 0.1) is 17.6 Å². The van der Waals surface area contributed by atoms with Crippen molar-refractivity contribution in [3.63, 3.8) is 0 Å². The third-order valence-corrected chi connectivity index (χ3v) is 4.39. The van der Waals surface area contributed by atoms with Crippen molar-refractivity contribution in [3.05, 3.63) is 53.6 Å². The Balaban J connectivity index is 1.66. The number of carbonyl (C=O) groups is 2. The van der Waals surface area contributed by atoms with Crippen molar-refractivity contribution in [2.24, 2.45) is 5.92 Å². The number of benzene rings is 2. The molecule has 1 heterocycles. The van der Waals surface area contributed by atoms with Gasteiger partial charge in [0.25, 0.3) is 0 Å². The third kappa shape index (κ3) is 3.83. The molecule has 0 radical (unpaired) electrons. The second-order valence-corrected chi connectivity index (χ2v) is 6.38. The zero-order valence-electron chi connectivity index (χ0n) is 14.7. The van der Waals surface area contributed by atoms with Gasteiger partial charge in [0.15, 0.2) is 0 Å². The van der Waals surface area contributed by atoms with Crippen LogP contribution in [0.5, 0.6) is 11.5 Å². The van der Waals surface area contributed by atoms with E-state index >= 15 is 0 Å². The topological polar surface area (TPSA) is 82.4 Å². The summed E-state index contributed by atoms with van der Waals surface area (Å²) >= 11 is 0. The lowest BCUT2D eigenvalue weighted by Gasteiger charge is -2.14. The highest BCUT2D eigenvalue weighted by Crippen LogP contribution is 2.27. The van der Waals surface area contributed by atoms with Crippen LogP contribution in [0, 0.1) is 24.2 Å². The first-order chi connectivity index (χ1) is 12.5. The highest BCUT2D eigenvalue weighted by Gasteiger charge is 2.32. The quantitative estimate of drug-likeness (QED) is 0.919. The fourth-order valence-corrected chi connectivity index (χ4v) is 2.85. The fourth-order valence-electron chi connectivity index (χ4n) is 2.85. The monoisotopic (exact) mass is 349 g/mol. The van der Waals surface area contributed by atoms with E-state index < -0.39 is 0 Å². The molecule has 0 aliphatic carbocycles. The van der Waals surface area contributed by atoms with Crippen molar-refractivity contribution in [2.75, 3.05) is 18.9 Å². The fraction of sp³-hybridized carbons (Fsp3) is 0.250. The number of nitrogens with one attached hydrogen (secondary N) is 1. The molecule has 2 aromatic rings. The molecule has 0 aromatic heterocycles. The lowest BCUT2D eigenvalue weighted by molar-refractivity contribution is -0.127. The predicted molar refractivity (Wildman–Crippen MR) is 96.8 cm³/mol. The third-order valence-electron chi connectivity index (χ3n) is 4.39. The van der Waals surface area contributed by atoms with Gasteiger partial charge in [-0.2, -0.15) is 5.26 Å². The zero-order valence-corrected chi connectivity index (χ0v) is 14.7. The maximum Gasteiger partial charge on any atom is 0.229 e. The van der Waals surface area contributed by atoms with Crippen LogP contribution in [0.1, 0.15) is 17.5 Å². The average Bonchev–Trinajstić information content (AvgIpc) is 2.97. The summed E-state index contributed by atoms with van der Waals surface area (Å²) in [7, 11) is 1.70. The summed E-state index contributed by atoms with van der Waals surface area (Å²) < 4.78 is 5.77. The minimum absolute atomic E-state index is 0.00645. The molecule has 1 aliphatic rings. The normalized spacial score (nSPS) is 16.3. The Morgan fingerprint density at radius 1 is 1.23 bits per heavy atom. The first kappa shape index (κ1) is 17.5. The Hall–Kier alpha value is -3.33. The number of hydrogen-bond donors (Lipinski definition) is 1. The van der Waals surface area contributed by atoms with Crippen LogP contribution >= 0.6 is 0 Å². The van der Waals surface area contributed by atoms with Crippen molar-refractivity contribution in [1.82, 2.24) is 4.90 Å². The van der Waals surface area contributed by atoms with Crippen LogP contribution in [0.15, 0.2) is 42.5 Å². The Morgan fingerprint density at radius 3 is 2.50 bits per heavy atom. The lowest BCUT2D eigenvalue weighted by atomic mass is 10.1. The SMILES string of the molecule is Cc1cc(Oc2ccc(C#N)cc2)ccc1NC(=O)C1CC(=O)N(C)C1. The van der Waals surface area contributed by atoms with Gasteiger partial charge in [0, 0.05) is 25.7 Å². The molecule has 1 aliphatic heterocycles. The zero-order chi connectivity index (χ0) is 18.7. The molecule has 0 bridgehead atoms. The van der Waals surface area contributed by atoms with Crippen molar-refractivity contribution < 1.29 is 14.3 Å². The van der Waals surface area contributed by atoms with Gasteiger partial charge in [-0.3, -0.25) is 9.59 Å². The summed E-state index contributed by atoms with van der Waals surface area (Å²) in [6, 6.07) is 14.3. The number of carbonyl (C=O) groups excluding carboxylic acids is 2. The van der Waals surface area contributed by atoms with Crippen LogP contribution < -0.4 is 10.1 Å². The Bertz CT molecular complexity index is 884. The molecule has 26 heavy (non-hydrogen) atoms. The van der Waals surface area contributed by atoms with Crippen molar-refractivity contribution in [2.45, 2.75) is 13.3 Å². The van der Waals surface area contributed by atoms with Crippen molar-refractivity contribution in [3.8, 4) is 17.6 Å². The molecular formula is C20H19N3O3. The molecular weight excluding hydrogens is 330 g/mol. The van der Waals surface area contributed by atoms with Crippen LogP contribution in [0.2, 0.25) is 0 Å². The van der Waals surface area contributed by atoms with E-state index in [-0.39, 0.29) is 24.2 Å². The minimum Gasteiger partial charge on any atom is -0.457 e. The van der Waals surface area contributed by atoms with E-state index in [9.17, 15) is 9.59 Å². The number of aryl methyl sites for hydroxylation is 1.